The van der Waals surface area contributed by atoms with Crippen molar-refractivity contribution in [3.63, 3.8) is 0 Å². The van der Waals surface area contributed by atoms with Crippen molar-refractivity contribution in [2.75, 3.05) is 6.61 Å². The largest absolute Gasteiger partial charge is 0.462 e. The highest BCUT2D eigenvalue weighted by atomic mass is 16.5. The van der Waals surface area contributed by atoms with Crippen LogP contribution in [0.5, 0.6) is 0 Å². The predicted molar refractivity (Wildman–Crippen MR) is 79.9 cm³/mol. The topological polar surface area (TPSA) is 26.3 Å². The van der Waals surface area contributed by atoms with Crippen LogP contribution in [0, 0.1) is 5.92 Å². The minimum atomic E-state index is -0.145. The summed E-state index contributed by atoms with van der Waals surface area (Å²) in [4.78, 5) is 11.8. The molecule has 0 spiro atoms. The van der Waals surface area contributed by atoms with Gasteiger partial charge in [-0.15, -0.1) is 0 Å². The summed E-state index contributed by atoms with van der Waals surface area (Å²) >= 11 is 0. The number of hydrogen-bond acceptors (Lipinski definition) is 2. The average Bonchev–Trinajstić information content (AvgIpc) is 2.36. The third-order valence-electron chi connectivity index (χ3n) is 3.05. The molecule has 0 radical (unpaired) electrons. The average molecular weight is 262 g/mol. The van der Waals surface area contributed by atoms with Crippen LogP contribution in [0.3, 0.4) is 0 Å². The lowest BCUT2D eigenvalue weighted by Crippen LogP contribution is -2.13. The van der Waals surface area contributed by atoms with Gasteiger partial charge in [0.1, 0.15) is 0 Å². The van der Waals surface area contributed by atoms with E-state index in [1.165, 1.54) is 11.1 Å². The van der Waals surface area contributed by atoms with Crippen LogP contribution >= 0.6 is 0 Å². The maximum atomic E-state index is 11.8. The van der Waals surface area contributed by atoms with E-state index in [0.29, 0.717) is 12.5 Å². The lowest BCUT2D eigenvalue weighted by molar-refractivity contribution is -0.140. The predicted octanol–water partition coefficient (Wildman–Crippen LogP) is 4.58. The van der Waals surface area contributed by atoms with E-state index in [0.717, 1.165) is 31.3 Å². The van der Waals surface area contributed by atoms with E-state index in [9.17, 15) is 4.79 Å². The zero-order valence-corrected chi connectivity index (χ0v) is 12.7. The Hall–Kier alpha value is -1.31. The van der Waals surface area contributed by atoms with Gasteiger partial charge in [-0.05, 0) is 45.4 Å². The standard InChI is InChI=1S/C17H26O2/c1-13(2)6-5-7-15-8-10-16(11-9-15)17(18)19-12-14(3)4/h6,8,11,14H,5,7,9-10,12H2,1-4H3. The first kappa shape index (κ1) is 15.7. The van der Waals surface area contributed by atoms with Crippen LogP contribution in [0.4, 0.5) is 0 Å². The lowest BCUT2D eigenvalue weighted by atomic mass is 9.96. The Morgan fingerprint density at radius 1 is 1.32 bits per heavy atom. The SMILES string of the molecule is CC(C)=CCCC1=CCC(C(=O)OCC(C)C)=CC1. The molecule has 0 aromatic rings. The Morgan fingerprint density at radius 2 is 2.05 bits per heavy atom. The van der Waals surface area contributed by atoms with Crippen LogP contribution in [-0.4, -0.2) is 12.6 Å². The second kappa shape index (κ2) is 7.98. The number of allylic oxidation sites excluding steroid dienone is 5. The number of ether oxygens (including phenoxy) is 1. The van der Waals surface area contributed by atoms with E-state index >= 15 is 0 Å². The monoisotopic (exact) mass is 262 g/mol. The number of carbonyl (C=O) groups excluding carboxylic acids is 1. The minimum Gasteiger partial charge on any atom is -0.462 e. The summed E-state index contributed by atoms with van der Waals surface area (Å²) in [7, 11) is 0. The molecule has 106 valence electrons. The summed E-state index contributed by atoms with van der Waals surface area (Å²) < 4.78 is 5.24. The normalized spacial score (nSPS) is 14.8. The molecule has 1 rings (SSSR count). The Bertz CT molecular complexity index is 393. The molecule has 0 aliphatic heterocycles. The zero-order chi connectivity index (χ0) is 14.3. The van der Waals surface area contributed by atoms with E-state index in [2.05, 4.69) is 26.0 Å². The number of hydrogen-bond donors (Lipinski definition) is 0. The first-order valence-corrected chi connectivity index (χ1v) is 7.16. The van der Waals surface area contributed by atoms with Gasteiger partial charge in [0, 0.05) is 5.57 Å². The van der Waals surface area contributed by atoms with Gasteiger partial charge in [-0.1, -0.05) is 43.2 Å². The van der Waals surface area contributed by atoms with Gasteiger partial charge >= 0.3 is 5.97 Å². The van der Waals surface area contributed by atoms with Gasteiger partial charge in [-0.25, -0.2) is 4.79 Å². The summed E-state index contributed by atoms with van der Waals surface area (Å²) in [6.45, 7) is 8.84. The smallest absolute Gasteiger partial charge is 0.334 e. The lowest BCUT2D eigenvalue weighted by Gasteiger charge is -2.14. The van der Waals surface area contributed by atoms with Gasteiger partial charge in [-0.3, -0.25) is 0 Å². The Kier molecular flexibility index (Phi) is 6.61. The quantitative estimate of drug-likeness (QED) is 0.517. The highest BCUT2D eigenvalue weighted by Crippen LogP contribution is 2.22. The van der Waals surface area contributed by atoms with Gasteiger partial charge in [0.15, 0.2) is 0 Å². The molecule has 2 heteroatoms. The van der Waals surface area contributed by atoms with Gasteiger partial charge in [-0.2, -0.15) is 0 Å². The maximum absolute atomic E-state index is 11.8. The van der Waals surface area contributed by atoms with Crippen LogP contribution in [0.2, 0.25) is 0 Å². The summed E-state index contributed by atoms with van der Waals surface area (Å²) in [5.74, 6) is 0.247. The van der Waals surface area contributed by atoms with Crippen molar-refractivity contribution in [1.29, 1.82) is 0 Å². The molecule has 0 fully saturated rings. The highest BCUT2D eigenvalue weighted by Gasteiger charge is 2.14. The molecular weight excluding hydrogens is 236 g/mol. The fourth-order valence-electron chi connectivity index (χ4n) is 1.93. The third kappa shape index (κ3) is 6.42. The van der Waals surface area contributed by atoms with E-state index in [-0.39, 0.29) is 5.97 Å². The first-order chi connectivity index (χ1) is 8.99. The van der Waals surface area contributed by atoms with Crippen molar-refractivity contribution in [3.8, 4) is 0 Å². The summed E-state index contributed by atoms with van der Waals surface area (Å²) in [5, 5.41) is 0. The van der Waals surface area contributed by atoms with Gasteiger partial charge in [0.2, 0.25) is 0 Å². The molecule has 2 nitrogen and oxygen atoms in total. The molecule has 0 bridgehead atoms. The summed E-state index contributed by atoms with van der Waals surface area (Å²) in [6.07, 6.45) is 10.3. The fourth-order valence-corrected chi connectivity index (χ4v) is 1.93. The molecule has 0 aromatic carbocycles. The number of rotatable bonds is 6. The summed E-state index contributed by atoms with van der Waals surface area (Å²) in [6, 6.07) is 0. The molecule has 0 atom stereocenters. The number of esters is 1. The maximum Gasteiger partial charge on any atom is 0.334 e. The van der Waals surface area contributed by atoms with E-state index in [4.69, 9.17) is 4.74 Å². The molecule has 0 unspecified atom stereocenters. The molecule has 0 N–H and O–H groups in total. The molecule has 0 saturated heterocycles. The molecule has 19 heavy (non-hydrogen) atoms. The van der Waals surface area contributed by atoms with E-state index < -0.39 is 0 Å². The van der Waals surface area contributed by atoms with E-state index in [1.54, 1.807) is 0 Å². The molecule has 1 aliphatic rings. The first-order valence-electron chi connectivity index (χ1n) is 7.16. The van der Waals surface area contributed by atoms with Crippen LogP contribution in [-0.2, 0) is 9.53 Å². The van der Waals surface area contributed by atoms with Crippen LogP contribution in [0.25, 0.3) is 0 Å². The van der Waals surface area contributed by atoms with Crippen LogP contribution < -0.4 is 0 Å². The third-order valence-corrected chi connectivity index (χ3v) is 3.05. The Balaban J connectivity index is 2.35. The molecule has 0 aromatic heterocycles. The fraction of sp³-hybridized carbons (Fsp3) is 0.588. The molecule has 0 saturated carbocycles. The van der Waals surface area contributed by atoms with Gasteiger partial charge < -0.3 is 4.74 Å². The van der Waals surface area contributed by atoms with E-state index in [1.807, 2.05) is 19.9 Å². The minimum absolute atomic E-state index is 0.145. The van der Waals surface area contributed by atoms with Gasteiger partial charge in [0.05, 0.1) is 6.61 Å². The van der Waals surface area contributed by atoms with Crippen molar-refractivity contribution in [3.05, 3.63) is 34.9 Å². The molecule has 0 amide bonds. The number of carbonyl (C=O) groups is 1. The van der Waals surface area contributed by atoms with Crippen molar-refractivity contribution in [2.24, 2.45) is 5.92 Å². The Labute approximate surface area is 117 Å². The van der Waals surface area contributed by atoms with Crippen molar-refractivity contribution in [1.82, 2.24) is 0 Å². The molecule has 1 aliphatic carbocycles. The van der Waals surface area contributed by atoms with Crippen molar-refractivity contribution in [2.45, 2.75) is 53.4 Å². The van der Waals surface area contributed by atoms with Crippen molar-refractivity contribution < 1.29 is 9.53 Å². The Morgan fingerprint density at radius 3 is 2.58 bits per heavy atom. The van der Waals surface area contributed by atoms with Crippen LogP contribution in [0.15, 0.2) is 34.9 Å². The second-order valence-corrected chi connectivity index (χ2v) is 5.81. The van der Waals surface area contributed by atoms with Crippen molar-refractivity contribution >= 4 is 5.97 Å². The highest BCUT2D eigenvalue weighted by molar-refractivity contribution is 5.89. The zero-order valence-electron chi connectivity index (χ0n) is 12.7. The molecule has 0 heterocycles. The van der Waals surface area contributed by atoms with Crippen LogP contribution in [0.1, 0.15) is 53.4 Å². The summed E-state index contributed by atoms with van der Waals surface area (Å²) in [5.41, 5.74) is 3.61. The second-order valence-electron chi connectivity index (χ2n) is 5.81. The van der Waals surface area contributed by atoms with Gasteiger partial charge in [0.25, 0.3) is 0 Å². The molecular formula is C17H26O2.